The lowest BCUT2D eigenvalue weighted by atomic mass is 9.84. The Morgan fingerprint density at radius 2 is 1.36 bits per heavy atom. The van der Waals surface area contributed by atoms with Gasteiger partial charge in [0.2, 0.25) is 0 Å². The van der Waals surface area contributed by atoms with Crippen molar-refractivity contribution in [3.05, 3.63) is 100 Å². The first-order chi connectivity index (χ1) is 15.6. The summed E-state index contributed by atoms with van der Waals surface area (Å²) in [4.78, 5) is 49.5. The van der Waals surface area contributed by atoms with Crippen LogP contribution in [0.5, 0.6) is 0 Å². The third kappa shape index (κ3) is 4.38. The Hall–Kier alpha value is -4.27. The number of hydrogen-bond donors (Lipinski definition) is 1. The van der Waals surface area contributed by atoms with Crippen LogP contribution < -0.4 is 5.32 Å². The third-order valence-corrected chi connectivity index (χ3v) is 4.99. The molecule has 0 fully saturated rings. The van der Waals surface area contributed by atoms with Gasteiger partial charge in [-0.05, 0) is 42.5 Å². The first-order valence-corrected chi connectivity index (χ1v) is 9.62. The highest BCUT2D eigenvalue weighted by Crippen LogP contribution is 2.30. The molecule has 0 saturated heterocycles. The molecule has 6 nitrogen and oxygen atoms in total. The number of benzene rings is 3. The van der Waals surface area contributed by atoms with E-state index in [4.69, 9.17) is 4.74 Å². The van der Waals surface area contributed by atoms with Crippen LogP contribution in [0.2, 0.25) is 0 Å². The van der Waals surface area contributed by atoms with Crippen molar-refractivity contribution in [2.75, 3.05) is 11.9 Å². The number of esters is 1. The molecule has 33 heavy (non-hydrogen) atoms. The number of carbonyl (C=O) groups is 4. The van der Waals surface area contributed by atoms with Gasteiger partial charge in [0.1, 0.15) is 0 Å². The minimum absolute atomic E-state index is 0.137. The second-order valence-electron chi connectivity index (χ2n) is 7.16. The van der Waals surface area contributed by atoms with Gasteiger partial charge in [-0.2, -0.15) is 13.2 Å². The number of ether oxygens (including phenoxy) is 1. The number of amides is 1. The van der Waals surface area contributed by atoms with Gasteiger partial charge in [-0.1, -0.05) is 24.3 Å². The molecule has 9 heteroatoms. The van der Waals surface area contributed by atoms with Gasteiger partial charge in [-0.25, -0.2) is 4.79 Å². The van der Waals surface area contributed by atoms with E-state index in [1.54, 1.807) is 24.3 Å². The van der Waals surface area contributed by atoms with Crippen molar-refractivity contribution in [3.63, 3.8) is 0 Å². The Bertz CT molecular complexity index is 1300. The topological polar surface area (TPSA) is 89.5 Å². The molecule has 3 aromatic rings. The molecule has 0 aromatic heterocycles. The molecule has 0 radical (unpaired) electrons. The van der Waals surface area contributed by atoms with E-state index in [-0.39, 0.29) is 39.5 Å². The van der Waals surface area contributed by atoms with Crippen LogP contribution in [0.4, 0.5) is 18.9 Å². The van der Waals surface area contributed by atoms with E-state index >= 15 is 0 Å². The highest BCUT2D eigenvalue weighted by atomic mass is 19.4. The summed E-state index contributed by atoms with van der Waals surface area (Å²) in [6.07, 6.45) is -4.54. The van der Waals surface area contributed by atoms with Crippen LogP contribution in [-0.2, 0) is 15.7 Å². The number of nitrogens with one attached hydrogen (secondary N) is 1. The monoisotopic (exact) mass is 453 g/mol. The maximum absolute atomic E-state index is 12.7. The van der Waals surface area contributed by atoms with Gasteiger partial charge >= 0.3 is 12.1 Å². The van der Waals surface area contributed by atoms with Crippen LogP contribution in [0, 0.1) is 0 Å². The second kappa shape index (κ2) is 8.34. The van der Waals surface area contributed by atoms with Gasteiger partial charge in [0, 0.05) is 27.9 Å². The molecular weight excluding hydrogens is 439 g/mol. The van der Waals surface area contributed by atoms with Gasteiger partial charge in [0.15, 0.2) is 18.2 Å². The van der Waals surface area contributed by atoms with E-state index in [1.807, 2.05) is 0 Å². The summed E-state index contributed by atoms with van der Waals surface area (Å²) in [7, 11) is 0. The van der Waals surface area contributed by atoms with Crippen LogP contribution in [-0.4, -0.2) is 30.0 Å². The number of rotatable bonds is 4. The predicted octanol–water partition coefficient (Wildman–Crippen LogP) is 4.28. The summed E-state index contributed by atoms with van der Waals surface area (Å²) in [5.74, 6) is -2.36. The van der Waals surface area contributed by atoms with E-state index in [2.05, 4.69) is 5.32 Å². The smallest absolute Gasteiger partial charge is 0.416 e. The number of ketones is 2. The van der Waals surface area contributed by atoms with E-state index in [9.17, 15) is 32.3 Å². The molecule has 1 N–H and O–H groups in total. The van der Waals surface area contributed by atoms with Crippen LogP contribution >= 0.6 is 0 Å². The molecular formula is C24H14F3NO5. The summed E-state index contributed by atoms with van der Waals surface area (Å²) in [5.41, 5.74) is 0.0756. The van der Waals surface area contributed by atoms with E-state index in [1.165, 1.54) is 18.2 Å². The Balaban J connectivity index is 1.41. The maximum Gasteiger partial charge on any atom is 0.416 e. The predicted molar refractivity (Wildman–Crippen MR) is 110 cm³/mol. The Morgan fingerprint density at radius 1 is 0.788 bits per heavy atom. The lowest BCUT2D eigenvalue weighted by Gasteiger charge is -2.18. The molecule has 0 unspecified atom stereocenters. The van der Waals surface area contributed by atoms with Gasteiger partial charge in [-0.15, -0.1) is 0 Å². The van der Waals surface area contributed by atoms with Gasteiger partial charge in [-0.3, -0.25) is 14.4 Å². The van der Waals surface area contributed by atoms with E-state index in [0.29, 0.717) is 5.56 Å². The van der Waals surface area contributed by atoms with Crippen molar-refractivity contribution in [1.82, 2.24) is 0 Å². The van der Waals surface area contributed by atoms with Crippen LogP contribution in [0.25, 0.3) is 0 Å². The normalized spacial score (nSPS) is 12.6. The molecule has 0 saturated carbocycles. The van der Waals surface area contributed by atoms with E-state index < -0.39 is 30.2 Å². The first-order valence-electron chi connectivity index (χ1n) is 9.62. The Morgan fingerprint density at radius 3 is 1.97 bits per heavy atom. The largest absolute Gasteiger partial charge is 0.452 e. The van der Waals surface area contributed by atoms with Crippen molar-refractivity contribution in [2.45, 2.75) is 6.18 Å². The number of anilines is 1. The molecule has 0 bridgehead atoms. The third-order valence-electron chi connectivity index (χ3n) is 4.99. The Labute approximate surface area is 185 Å². The minimum Gasteiger partial charge on any atom is -0.452 e. The SMILES string of the molecule is O=C(COC(=O)c1ccc(C(F)(F)F)cc1)Nc1ccc2c(c1)C(=O)c1ccccc1C2=O. The maximum atomic E-state index is 12.7. The zero-order chi connectivity index (χ0) is 23.8. The fraction of sp³-hybridized carbons (Fsp3) is 0.0833. The highest BCUT2D eigenvalue weighted by molar-refractivity contribution is 6.28. The second-order valence-corrected chi connectivity index (χ2v) is 7.16. The van der Waals surface area contributed by atoms with Crippen molar-refractivity contribution in [2.24, 2.45) is 0 Å². The number of carbonyl (C=O) groups excluding carboxylic acids is 4. The summed E-state index contributed by atoms with van der Waals surface area (Å²) < 4.78 is 42.6. The summed E-state index contributed by atoms with van der Waals surface area (Å²) in [5, 5.41) is 2.46. The van der Waals surface area contributed by atoms with Crippen LogP contribution in [0.3, 0.4) is 0 Å². The average Bonchev–Trinajstić information content (AvgIpc) is 2.80. The molecule has 0 spiro atoms. The molecule has 3 aromatic carbocycles. The number of hydrogen-bond acceptors (Lipinski definition) is 5. The molecule has 0 atom stereocenters. The molecule has 0 heterocycles. The van der Waals surface area contributed by atoms with Crippen molar-refractivity contribution >= 4 is 29.1 Å². The molecule has 0 aliphatic heterocycles. The first kappa shape index (κ1) is 21.9. The van der Waals surface area contributed by atoms with Crippen LogP contribution in [0.15, 0.2) is 66.7 Å². The van der Waals surface area contributed by atoms with Crippen LogP contribution in [0.1, 0.15) is 47.8 Å². The van der Waals surface area contributed by atoms with Crippen molar-refractivity contribution in [3.8, 4) is 0 Å². The quantitative estimate of drug-likeness (QED) is 0.466. The van der Waals surface area contributed by atoms with Gasteiger partial charge in [0.05, 0.1) is 11.1 Å². The molecule has 166 valence electrons. The zero-order valence-electron chi connectivity index (χ0n) is 16.7. The summed E-state index contributed by atoms with van der Waals surface area (Å²) in [6.45, 7) is -0.702. The molecule has 4 rings (SSSR count). The number of fused-ring (bicyclic) bond motifs is 2. The molecule has 1 amide bonds. The summed E-state index contributed by atoms with van der Waals surface area (Å²) in [6, 6.07) is 14.0. The number of halogens is 3. The number of alkyl halides is 3. The van der Waals surface area contributed by atoms with E-state index in [0.717, 1.165) is 24.3 Å². The Kier molecular flexibility index (Phi) is 5.55. The highest BCUT2D eigenvalue weighted by Gasteiger charge is 2.31. The van der Waals surface area contributed by atoms with Gasteiger partial charge in [0.25, 0.3) is 5.91 Å². The van der Waals surface area contributed by atoms with Crippen molar-refractivity contribution < 1.29 is 37.1 Å². The van der Waals surface area contributed by atoms with Gasteiger partial charge < -0.3 is 10.1 Å². The van der Waals surface area contributed by atoms with Crippen molar-refractivity contribution in [1.29, 1.82) is 0 Å². The summed E-state index contributed by atoms with van der Waals surface area (Å²) >= 11 is 0. The average molecular weight is 453 g/mol. The fourth-order valence-electron chi connectivity index (χ4n) is 3.38. The standard InChI is InChI=1S/C24H14F3NO5/c25-24(26,27)14-7-5-13(6-8-14)23(32)33-12-20(29)28-15-9-10-18-19(11-15)22(31)17-4-2-1-3-16(17)21(18)30/h1-11H,12H2,(H,28,29). The molecule has 1 aliphatic carbocycles. The molecule has 1 aliphatic rings. The minimum atomic E-state index is -4.54. The fourth-order valence-corrected chi connectivity index (χ4v) is 3.38. The lowest BCUT2D eigenvalue weighted by molar-refractivity contribution is -0.137. The lowest BCUT2D eigenvalue weighted by Crippen LogP contribution is -2.23. The zero-order valence-corrected chi connectivity index (χ0v) is 16.7.